The van der Waals surface area contributed by atoms with Gasteiger partial charge in [-0.25, -0.2) is 4.98 Å². The second-order valence-electron chi connectivity index (χ2n) is 3.63. The van der Waals surface area contributed by atoms with Crippen LogP contribution in [0.25, 0.3) is 0 Å². The molecule has 0 spiro atoms. The van der Waals surface area contributed by atoms with E-state index in [4.69, 9.17) is 5.73 Å². The third-order valence-corrected chi connectivity index (χ3v) is 3.44. The fourth-order valence-corrected chi connectivity index (χ4v) is 2.35. The predicted octanol–water partition coefficient (Wildman–Crippen LogP) is 3.26. The Bertz CT molecular complexity index is 466. The molecule has 0 amide bonds. The fourth-order valence-electron chi connectivity index (χ4n) is 1.41. The third kappa shape index (κ3) is 2.76. The average molecular weight is 230 g/mol. The quantitative estimate of drug-likeness (QED) is 0.822. The van der Waals surface area contributed by atoms with E-state index in [1.54, 1.807) is 11.8 Å². The number of aromatic nitrogens is 1. The number of nitrogen functional groups attached to an aromatic ring is 1. The minimum atomic E-state index is 0.570. The van der Waals surface area contributed by atoms with Crippen molar-refractivity contribution in [1.29, 1.82) is 0 Å². The fraction of sp³-hybridized carbons (Fsp3) is 0.154. The van der Waals surface area contributed by atoms with Gasteiger partial charge in [0.1, 0.15) is 5.82 Å². The lowest BCUT2D eigenvalue weighted by atomic mass is 10.1. The Kier molecular flexibility index (Phi) is 3.47. The van der Waals surface area contributed by atoms with E-state index in [0.717, 1.165) is 10.6 Å². The zero-order valence-corrected chi connectivity index (χ0v) is 10.00. The molecule has 3 heteroatoms. The number of thioether (sulfide) groups is 1. The zero-order chi connectivity index (χ0) is 11.4. The van der Waals surface area contributed by atoms with Gasteiger partial charge in [0.05, 0.1) is 0 Å². The Morgan fingerprint density at radius 1 is 1.19 bits per heavy atom. The Hall–Kier alpha value is -1.48. The molecule has 2 rings (SSSR count). The number of aryl methyl sites for hydroxylation is 1. The lowest BCUT2D eigenvalue weighted by Gasteiger charge is -2.05. The van der Waals surface area contributed by atoms with E-state index in [1.807, 2.05) is 18.3 Å². The maximum atomic E-state index is 5.54. The smallest absolute Gasteiger partial charge is 0.123 e. The molecule has 0 saturated carbocycles. The number of pyridine rings is 1. The maximum Gasteiger partial charge on any atom is 0.123 e. The highest BCUT2D eigenvalue weighted by atomic mass is 32.2. The molecule has 0 atom stereocenters. The first kappa shape index (κ1) is 11.0. The van der Waals surface area contributed by atoms with E-state index in [2.05, 4.69) is 36.2 Å². The van der Waals surface area contributed by atoms with Crippen molar-refractivity contribution in [1.82, 2.24) is 4.98 Å². The van der Waals surface area contributed by atoms with Crippen LogP contribution in [0, 0.1) is 6.92 Å². The van der Waals surface area contributed by atoms with Crippen LogP contribution >= 0.6 is 11.8 Å². The molecule has 1 aromatic heterocycles. The van der Waals surface area contributed by atoms with Crippen LogP contribution in [-0.4, -0.2) is 4.98 Å². The Morgan fingerprint density at radius 3 is 2.69 bits per heavy atom. The van der Waals surface area contributed by atoms with Crippen molar-refractivity contribution in [2.45, 2.75) is 17.6 Å². The summed E-state index contributed by atoms with van der Waals surface area (Å²) in [7, 11) is 0. The summed E-state index contributed by atoms with van der Waals surface area (Å²) in [5.74, 6) is 1.54. The molecule has 0 aliphatic carbocycles. The molecule has 1 aromatic carbocycles. The maximum absolute atomic E-state index is 5.54. The molecule has 2 N–H and O–H groups in total. The lowest BCUT2D eigenvalue weighted by molar-refractivity contribution is 1.24. The summed E-state index contributed by atoms with van der Waals surface area (Å²) in [5.41, 5.74) is 8.23. The van der Waals surface area contributed by atoms with Crippen LogP contribution in [0.2, 0.25) is 0 Å². The minimum absolute atomic E-state index is 0.570. The summed E-state index contributed by atoms with van der Waals surface area (Å²) in [6.07, 6.45) is 1.82. The molecular weight excluding hydrogens is 216 g/mol. The highest BCUT2D eigenvalue weighted by Crippen LogP contribution is 2.23. The van der Waals surface area contributed by atoms with Crippen LogP contribution in [0.5, 0.6) is 0 Å². The van der Waals surface area contributed by atoms with Crippen LogP contribution in [0.15, 0.2) is 47.5 Å². The number of hydrogen-bond donors (Lipinski definition) is 1. The largest absolute Gasteiger partial charge is 0.384 e. The van der Waals surface area contributed by atoms with Crippen LogP contribution in [-0.2, 0) is 5.75 Å². The summed E-state index contributed by atoms with van der Waals surface area (Å²) in [5, 5.41) is 0. The second-order valence-corrected chi connectivity index (χ2v) is 4.68. The molecule has 0 saturated heterocycles. The van der Waals surface area contributed by atoms with Gasteiger partial charge in [-0.2, -0.15) is 0 Å². The van der Waals surface area contributed by atoms with Gasteiger partial charge >= 0.3 is 0 Å². The number of nitrogens with two attached hydrogens (primary N) is 1. The van der Waals surface area contributed by atoms with E-state index in [0.29, 0.717) is 5.82 Å². The molecular formula is C13H14N2S. The zero-order valence-electron chi connectivity index (χ0n) is 9.18. The monoisotopic (exact) mass is 230 g/mol. The van der Waals surface area contributed by atoms with Crippen LogP contribution in [0.4, 0.5) is 5.82 Å². The first-order valence-electron chi connectivity index (χ1n) is 5.14. The summed E-state index contributed by atoms with van der Waals surface area (Å²) in [6.45, 7) is 2.14. The summed E-state index contributed by atoms with van der Waals surface area (Å²) < 4.78 is 0. The highest BCUT2D eigenvalue weighted by molar-refractivity contribution is 7.98. The van der Waals surface area contributed by atoms with Crippen molar-refractivity contribution in [3.63, 3.8) is 0 Å². The van der Waals surface area contributed by atoms with Crippen molar-refractivity contribution in [2.75, 3.05) is 5.73 Å². The number of anilines is 1. The standard InChI is InChI=1S/C13H14N2S/c1-10-4-2-3-5-11(10)9-16-12-6-7-13(14)15-8-12/h2-8H,9H2,1H3,(H2,14,15). The Labute approximate surface area is 99.9 Å². The normalized spacial score (nSPS) is 10.3. The van der Waals surface area contributed by atoms with Gasteiger partial charge in [0.2, 0.25) is 0 Å². The SMILES string of the molecule is Cc1ccccc1CSc1ccc(N)nc1. The molecule has 0 aliphatic heterocycles. The average Bonchev–Trinajstić information content (AvgIpc) is 2.30. The first-order valence-corrected chi connectivity index (χ1v) is 6.13. The molecule has 0 aliphatic rings. The third-order valence-electron chi connectivity index (χ3n) is 2.41. The van der Waals surface area contributed by atoms with Crippen molar-refractivity contribution < 1.29 is 0 Å². The molecule has 0 radical (unpaired) electrons. The van der Waals surface area contributed by atoms with Crippen molar-refractivity contribution in [3.8, 4) is 0 Å². The van der Waals surface area contributed by atoms with Gasteiger partial charge in [-0.1, -0.05) is 24.3 Å². The summed E-state index contributed by atoms with van der Waals surface area (Å²) in [4.78, 5) is 5.22. The molecule has 82 valence electrons. The van der Waals surface area contributed by atoms with Crippen molar-refractivity contribution in [3.05, 3.63) is 53.7 Å². The number of benzene rings is 1. The number of hydrogen-bond acceptors (Lipinski definition) is 3. The topological polar surface area (TPSA) is 38.9 Å². The van der Waals surface area contributed by atoms with E-state index in [-0.39, 0.29) is 0 Å². The van der Waals surface area contributed by atoms with E-state index < -0.39 is 0 Å². The molecule has 2 nitrogen and oxygen atoms in total. The van der Waals surface area contributed by atoms with Gasteiger partial charge in [-0.3, -0.25) is 0 Å². The number of nitrogens with zero attached hydrogens (tertiary/aromatic N) is 1. The predicted molar refractivity (Wildman–Crippen MR) is 69.4 cm³/mol. The summed E-state index contributed by atoms with van der Waals surface area (Å²) in [6, 6.07) is 12.3. The van der Waals surface area contributed by atoms with Crippen LogP contribution in [0.3, 0.4) is 0 Å². The Balaban J connectivity index is 2.02. The van der Waals surface area contributed by atoms with Crippen molar-refractivity contribution >= 4 is 17.6 Å². The molecule has 2 aromatic rings. The Morgan fingerprint density at radius 2 is 2.00 bits per heavy atom. The molecule has 1 heterocycles. The molecule has 0 bridgehead atoms. The van der Waals surface area contributed by atoms with E-state index in [9.17, 15) is 0 Å². The second kappa shape index (κ2) is 5.03. The van der Waals surface area contributed by atoms with Crippen LogP contribution < -0.4 is 5.73 Å². The highest BCUT2D eigenvalue weighted by Gasteiger charge is 1.99. The van der Waals surface area contributed by atoms with E-state index in [1.165, 1.54) is 11.1 Å². The van der Waals surface area contributed by atoms with Gasteiger partial charge in [0.15, 0.2) is 0 Å². The lowest BCUT2D eigenvalue weighted by Crippen LogP contribution is -1.89. The molecule has 16 heavy (non-hydrogen) atoms. The van der Waals surface area contributed by atoms with Crippen molar-refractivity contribution in [2.24, 2.45) is 0 Å². The van der Waals surface area contributed by atoms with Gasteiger partial charge in [0.25, 0.3) is 0 Å². The van der Waals surface area contributed by atoms with Gasteiger partial charge in [-0.15, -0.1) is 11.8 Å². The molecule has 0 fully saturated rings. The minimum Gasteiger partial charge on any atom is -0.384 e. The first-order chi connectivity index (χ1) is 7.75. The van der Waals surface area contributed by atoms with Gasteiger partial charge < -0.3 is 5.73 Å². The van der Waals surface area contributed by atoms with E-state index >= 15 is 0 Å². The summed E-state index contributed by atoms with van der Waals surface area (Å²) >= 11 is 1.78. The van der Waals surface area contributed by atoms with Crippen LogP contribution in [0.1, 0.15) is 11.1 Å². The molecule has 0 unspecified atom stereocenters. The van der Waals surface area contributed by atoms with Gasteiger partial charge in [0, 0.05) is 16.8 Å². The van der Waals surface area contributed by atoms with Gasteiger partial charge in [-0.05, 0) is 30.2 Å². The number of rotatable bonds is 3.